The lowest BCUT2D eigenvalue weighted by atomic mass is 10.2. The molecule has 0 fully saturated rings. The molecule has 0 bridgehead atoms. The van der Waals surface area contributed by atoms with Crippen molar-refractivity contribution in [3.63, 3.8) is 0 Å². The van der Waals surface area contributed by atoms with Gasteiger partial charge in [-0.05, 0) is 29.8 Å². The molecule has 1 heterocycles. The van der Waals surface area contributed by atoms with Crippen molar-refractivity contribution in [2.24, 2.45) is 5.10 Å². The van der Waals surface area contributed by atoms with Crippen molar-refractivity contribution in [3.05, 3.63) is 54.2 Å². The molecule has 0 radical (unpaired) electrons. The third-order valence-electron chi connectivity index (χ3n) is 1.93. The van der Waals surface area contributed by atoms with Gasteiger partial charge in [-0.15, -0.1) is 0 Å². The van der Waals surface area contributed by atoms with Crippen molar-refractivity contribution in [1.82, 2.24) is 4.98 Å². The van der Waals surface area contributed by atoms with E-state index >= 15 is 0 Å². The highest BCUT2D eigenvalue weighted by molar-refractivity contribution is 5.80. The SMILES string of the molecule is Oc1cccc(/C=N/Nc2ccccn2)c1. The Morgan fingerprint density at radius 2 is 2.12 bits per heavy atom. The molecule has 80 valence electrons. The summed E-state index contributed by atoms with van der Waals surface area (Å²) in [5.74, 6) is 0.903. The summed E-state index contributed by atoms with van der Waals surface area (Å²) in [6, 6.07) is 12.4. The van der Waals surface area contributed by atoms with Crippen LogP contribution in [-0.4, -0.2) is 16.3 Å². The lowest BCUT2D eigenvalue weighted by Gasteiger charge is -1.97. The summed E-state index contributed by atoms with van der Waals surface area (Å²) in [6.07, 6.45) is 3.31. The fraction of sp³-hybridized carbons (Fsp3) is 0. The Kier molecular flexibility index (Phi) is 3.13. The van der Waals surface area contributed by atoms with Gasteiger partial charge in [0, 0.05) is 6.20 Å². The highest BCUT2D eigenvalue weighted by Crippen LogP contribution is 2.08. The molecule has 0 aliphatic carbocycles. The van der Waals surface area contributed by atoms with E-state index in [4.69, 9.17) is 0 Å². The molecular formula is C12H11N3O. The Hall–Kier alpha value is -2.36. The average Bonchev–Trinajstić information content (AvgIpc) is 2.30. The van der Waals surface area contributed by atoms with Crippen LogP contribution in [0, 0.1) is 0 Å². The highest BCUT2D eigenvalue weighted by atomic mass is 16.3. The third kappa shape index (κ3) is 2.81. The summed E-state index contributed by atoms with van der Waals surface area (Å²) in [4.78, 5) is 4.05. The zero-order valence-corrected chi connectivity index (χ0v) is 8.54. The van der Waals surface area contributed by atoms with E-state index in [0.717, 1.165) is 5.56 Å². The second kappa shape index (κ2) is 4.93. The zero-order valence-electron chi connectivity index (χ0n) is 8.54. The summed E-state index contributed by atoms with van der Waals surface area (Å²) in [5, 5.41) is 13.2. The molecule has 16 heavy (non-hydrogen) atoms. The van der Waals surface area contributed by atoms with Crippen molar-refractivity contribution in [2.75, 3.05) is 5.43 Å². The summed E-state index contributed by atoms with van der Waals surface area (Å²) >= 11 is 0. The Labute approximate surface area is 93.3 Å². The van der Waals surface area contributed by atoms with E-state index < -0.39 is 0 Å². The number of phenolic OH excluding ortho intramolecular Hbond substituents is 1. The zero-order chi connectivity index (χ0) is 11.2. The standard InChI is InChI=1S/C12H11N3O/c16-11-5-3-4-10(8-11)9-14-15-12-6-1-2-7-13-12/h1-9,16H,(H,13,15)/b14-9+. The second-order valence-electron chi connectivity index (χ2n) is 3.18. The molecule has 0 spiro atoms. The van der Waals surface area contributed by atoms with Gasteiger partial charge in [0.25, 0.3) is 0 Å². The van der Waals surface area contributed by atoms with E-state index in [-0.39, 0.29) is 5.75 Å². The minimum atomic E-state index is 0.224. The van der Waals surface area contributed by atoms with Crippen LogP contribution in [0.2, 0.25) is 0 Å². The summed E-state index contributed by atoms with van der Waals surface area (Å²) < 4.78 is 0. The fourth-order valence-electron chi connectivity index (χ4n) is 1.21. The number of hydrogen-bond acceptors (Lipinski definition) is 4. The Morgan fingerprint density at radius 1 is 1.19 bits per heavy atom. The number of anilines is 1. The van der Waals surface area contributed by atoms with Crippen LogP contribution in [0.4, 0.5) is 5.82 Å². The van der Waals surface area contributed by atoms with Gasteiger partial charge < -0.3 is 5.11 Å². The minimum Gasteiger partial charge on any atom is -0.508 e. The molecule has 0 saturated carbocycles. The first-order chi connectivity index (χ1) is 7.84. The predicted octanol–water partition coefficient (Wildman–Crippen LogP) is 2.23. The molecule has 0 amide bonds. The molecule has 1 aromatic carbocycles. The van der Waals surface area contributed by atoms with E-state index in [2.05, 4.69) is 15.5 Å². The van der Waals surface area contributed by atoms with E-state index in [9.17, 15) is 5.11 Å². The molecular weight excluding hydrogens is 202 g/mol. The van der Waals surface area contributed by atoms with E-state index in [1.807, 2.05) is 24.3 Å². The van der Waals surface area contributed by atoms with Gasteiger partial charge in [-0.25, -0.2) is 4.98 Å². The van der Waals surface area contributed by atoms with Crippen molar-refractivity contribution < 1.29 is 5.11 Å². The van der Waals surface area contributed by atoms with Gasteiger partial charge in [-0.1, -0.05) is 18.2 Å². The summed E-state index contributed by atoms with van der Waals surface area (Å²) in [5.41, 5.74) is 3.61. The maximum Gasteiger partial charge on any atom is 0.146 e. The second-order valence-corrected chi connectivity index (χ2v) is 3.18. The van der Waals surface area contributed by atoms with Crippen molar-refractivity contribution >= 4 is 12.0 Å². The molecule has 0 saturated heterocycles. The van der Waals surface area contributed by atoms with Crippen LogP contribution < -0.4 is 5.43 Å². The number of hydrogen-bond donors (Lipinski definition) is 2. The number of aromatic hydroxyl groups is 1. The normalized spacial score (nSPS) is 10.5. The monoisotopic (exact) mass is 213 g/mol. The lowest BCUT2D eigenvalue weighted by Crippen LogP contribution is -1.92. The number of nitrogens with zero attached hydrogens (tertiary/aromatic N) is 2. The highest BCUT2D eigenvalue weighted by Gasteiger charge is 1.90. The molecule has 0 atom stereocenters. The average molecular weight is 213 g/mol. The molecule has 2 aromatic rings. The van der Waals surface area contributed by atoms with E-state index in [0.29, 0.717) is 5.82 Å². The van der Waals surface area contributed by atoms with Crippen molar-refractivity contribution in [3.8, 4) is 5.75 Å². The topological polar surface area (TPSA) is 57.5 Å². The molecule has 2 rings (SSSR count). The maximum atomic E-state index is 9.24. The Bertz CT molecular complexity index is 483. The van der Waals surface area contributed by atoms with Crippen LogP contribution in [0.3, 0.4) is 0 Å². The van der Waals surface area contributed by atoms with Gasteiger partial charge in [0.2, 0.25) is 0 Å². The number of aromatic nitrogens is 1. The first-order valence-electron chi connectivity index (χ1n) is 4.84. The predicted molar refractivity (Wildman–Crippen MR) is 63.6 cm³/mol. The maximum absolute atomic E-state index is 9.24. The summed E-state index contributed by atoms with van der Waals surface area (Å²) in [6.45, 7) is 0. The molecule has 4 nitrogen and oxygen atoms in total. The number of hydrazone groups is 1. The number of phenols is 1. The van der Waals surface area contributed by atoms with Crippen LogP contribution in [0.1, 0.15) is 5.56 Å². The van der Waals surface area contributed by atoms with Gasteiger partial charge in [-0.2, -0.15) is 5.10 Å². The fourth-order valence-corrected chi connectivity index (χ4v) is 1.21. The van der Waals surface area contributed by atoms with Gasteiger partial charge in [0.05, 0.1) is 6.21 Å². The molecule has 1 aromatic heterocycles. The largest absolute Gasteiger partial charge is 0.508 e. The van der Waals surface area contributed by atoms with Crippen LogP contribution in [0.15, 0.2) is 53.8 Å². The van der Waals surface area contributed by atoms with Crippen molar-refractivity contribution in [2.45, 2.75) is 0 Å². The Balaban J connectivity index is 2.00. The van der Waals surface area contributed by atoms with Crippen LogP contribution >= 0.6 is 0 Å². The van der Waals surface area contributed by atoms with Gasteiger partial charge in [0.15, 0.2) is 0 Å². The third-order valence-corrected chi connectivity index (χ3v) is 1.93. The van der Waals surface area contributed by atoms with E-state index in [1.165, 1.54) is 0 Å². The van der Waals surface area contributed by atoms with Crippen LogP contribution in [-0.2, 0) is 0 Å². The van der Waals surface area contributed by atoms with Crippen molar-refractivity contribution in [1.29, 1.82) is 0 Å². The molecule has 2 N–H and O–H groups in total. The quantitative estimate of drug-likeness (QED) is 0.607. The number of benzene rings is 1. The van der Waals surface area contributed by atoms with Gasteiger partial charge >= 0.3 is 0 Å². The molecule has 0 unspecified atom stereocenters. The molecule has 4 heteroatoms. The van der Waals surface area contributed by atoms with E-state index in [1.54, 1.807) is 30.6 Å². The first kappa shape index (κ1) is 10.2. The molecule has 0 aliphatic heterocycles. The van der Waals surface area contributed by atoms with Gasteiger partial charge in [0.1, 0.15) is 11.6 Å². The number of nitrogens with one attached hydrogen (secondary N) is 1. The number of pyridine rings is 1. The number of rotatable bonds is 3. The minimum absolute atomic E-state index is 0.224. The van der Waals surface area contributed by atoms with Crippen LogP contribution in [0.25, 0.3) is 0 Å². The van der Waals surface area contributed by atoms with Crippen LogP contribution in [0.5, 0.6) is 5.75 Å². The lowest BCUT2D eigenvalue weighted by molar-refractivity contribution is 0.475. The van der Waals surface area contributed by atoms with Gasteiger partial charge in [-0.3, -0.25) is 5.43 Å². The Morgan fingerprint density at radius 3 is 2.88 bits per heavy atom. The summed E-state index contributed by atoms with van der Waals surface area (Å²) in [7, 11) is 0. The molecule has 0 aliphatic rings. The smallest absolute Gasteiger partial charge is 0.146 e. The first-order valence-corrected chi connectivity index (χ1v) is 4.84.